The molecule has 144 valence electrons. The zero-order chi connectivity index (χ0) is 20.2. The number of hydrogen-bond donors (Lipinski definition) is 0. The predicted molar refractivity (Wildman–Crippen MR) is 129 cm³/mol. The molecule has 0 N–H and O–H groups in total. The zero-order valence-corrected chi connectivity index (χ0v) is 17.0. The van der Waals surface area contributed by atoms with E-state index in [2.05, 4.69) is 97.1 Å². The molecule has 0 nitrogen and oxygen atoms in total. The van der Waals surface area contributed by atoms with E-state index in [4.69, 9.17) is 0 Å². The Kier molecular flexibility index (Phi) is 8.04. The van der Waals surface area contributed by atoms with Gasteiger partial charge in [0.05, 0.1) is 0 Å². The maximum atomic E-state index is 2.34. The van der Waals surface area contributed by atoms with Crippen molar-refractivity contribution in [2.24, 2.45) is 5.92 Å². The van der Waals surface area contributed by atoms with E-state index in [9.17, 15) is 0 Å². The third-order valence-electron chi connectivity index (χ3n) is 4.75. The Morgan fingerprint density at radius 3 is 2.10 bits per heavy atom. The molecule has 3 rings (SSSR count). The standard InChI is InChI=1S/C29H28/c1-2-3-4-5-6-7-9-14-26-17-21-28(22-18-26)29-23-19-27(20-24-29)16-15-25-12-10-8-11-13-25/h2-19,21-24,27H,20H2,1H3/b3-2-,5-4-,7-6+,14-9+,16-15+. The van der Waals surface area contributed by atoms with E-state index in [0.29, 0.717) is 5.92 Å². The van der Waals surface area contributed by atoms with Crippen molar-refractivity contribution >= 4 is 17.7 Å². The van der Waals surface area contributed by atoms with Gasteiger partial charge in [0.2, 0.25) is 0 Å². The van der Waals surface area contributed by atoms with Crippen molar-refractivity contribution < 1.29 is 0 Å². The molecular formula is C29H28. The summed E-state index contributed by atoms with van der Waals surface area (Å²) in [6.45, 7) is 2.01. The highest BCUT2D eigenvalue weighted by Gasteiger charge is 2.07. The molecule has 0 radical (unpaired) electrons. The number of hydrogen-bond acceptors (Lipinski definition) is 0. The van der Waals surface area contributed by atoms with Crippen LogP contribution in [-0.4, -0.2) is 0 Å². The van der Waals surface area contributed by atoms with Gasteiger partial charge in [-0.05, 0) is 41.5 Å². The van der Waals surface area contributed by atoms with E-state index in [0.717, 1.165) is 6.42 Å². The van der Waals surface area contributed by atoms with Crippen molar-refractivity contribution in [2.45, 2.75) is 13.3 Å². The molecule has 1 aliphatic rings. The lowest BCUT2D eigenvalue weighted by Gasteiger charge is -2.13. The molecule has 0 saturated carbocycles. The van der Waals surface area contributed by atoms with Gasteiger partial charge in [-0.3, -0.25) is 0 Å². The summed E-state index contributed by atoms with van der Waals surface area (Å²) in [4.78, 5) is 0. The van der Waals surface area contributed by atoms with Gasteiger partial charge in [-0.1, -0.05) is 134 Å². The van der Waals surface area contributed by atoms with E-state index in [1.54, 1.807) is 0 Å². The van der Waals surface area contributed by atoms with E-state index in [1.807, 2.05) is 43.4 Å². The second kappa shape index (κ2) is 11.5. The smallest absolute Gasteiger partial charge is 0.00120 e. The number of allylic oxidation sites excluding steroid dienone is 12. The fourth-order valence-electron chi connectivity index (χ4n) is 3.11. The summed E-state index contributed by atoms with van der Waals surface area (Å²) < 4.78 is 0. The summed E-state index contributed by atoms with van der Waals surface area (Å²) in [5.74, 6) is 0.467. The highest BCUT2D eigenvalue weighted by Crippen LogP contribution is 2.26. The maximum absolute atomic E-state index is 2.34. The van der Waals surface area contributed by atoms with Crippen molar-refractivity contribution in [1.29, 1.82) is 0 Å². The Bertz CT molecular complexity index is 958. The predicted octanol–water partition coefficient (Wildman–Crippen LogP) is 8.06. The Balaban J connectivity index is 1.53. The van der Waals surface area contributed by atoms with Crippen molar-refractivity contribution in [3.05, 3.63) is 138 Å². The van der Waals surface area contributed by atoms with Gasteiger partial charge < -0.3 is 0 Å². The fourth-order valence-corrected chi connectivity index (χ4v) is 3.11. The summed E-state index contributed by atoms with van der Waals surface area (Å²) in [6.07, 6.45) is 28.8. The topological polar surface area (TPSA) is 0 Å². The molecule has 0 aliphatic heterocycles. The molecular weight excluding hydrogens is 348 g/mol. The highest BCUT2D eigenvalue weighted by atomic mass is 14.1. The van der Waals surface area contributed by atoms with Crippen LogP contribution in [0.4, 0.5) is 0 Å². The first-order chi connectivity index (χ1) is 14.3. The Labute approximate surface area is 175 Å². The first-order valence-corrected chi connectivity index (χ1v) is 10.2. The lowest BCUT2D eigenvalue weighted by molar-refractivity contribution is 0.829. The monoisotopic (exact) mass is 376 g/mol. The van der Waals surface area contributed by atoms with Crippen LogP contribution in [0.5, 0.6) is 0 Å². The number of benzene rings is 2. The maximum Gasteiger partial charge on any atom is -0.00120 e. The van der Waals surface area contributed by atoms with Gasteiger partial charge in [0, 0.05) is 0 Å². The Hall–Kier alpha value is -3.38. The van der Waals surface area contributed by atoms with Crippen LogP contribution >= 0.6 is 0 Å². The van der Waals surface area contributed by atoms with Crippen molar-refractivity contribution in [3.63, 3.8) is 0 Å². The molecule has 1 unspecified atom stereocenters. The van der Waals surface area contributed by atoms with E-state index in [-0.39, 0.29) is 0 Å². The molecule has 1 aliphatic carbocycles. The zero-order valence-electron chi connectivity index (χ0n) is 17.0. The lowest BCUT2D eigenvalue weighted by atomic mass is 9.92. The largest absolute Gasteiger partial charge is 0.0877 e. The molecule has 0 amide bonds. The third kappa shape index (κ3) is 6.93. The molecule has 2 aromatic carbocycles. The van der Waals surface area contributed by atoms with Gasteiger partial charge in [0.15, 0.2) is 0 Å². The number of rotatable bonds is 7. The molecule has 0 spiro atoms. The minimum absolute atomic E-state index is 0.467. The molecule has 29 heavy (non-hydrogen) atoms. The van der Waals surface area contributed by atoms with Crippen LogP contribution in [0.3, 0.4) is 0 Å². The first kappa shape index (κ1) is 20.4. The summed E-state index contributed by atoms with van der Waals surface area (Å²) in [5.41, 5.74) is 5.04. The molecule has 0 aromatic heterocycles. The Morgan fingerprint density at radius 2 is 1.41 bits per heavy atom. The van der Waals surface area contributed by atoms with Crippen LogP contribution in [0.25, 0.3) is 17.7 Å². The quantitative estimate of drug-likeness (QED) is 0.429. The molecule has 0 fully saturated rings. The SMILES string of the molecule is C\C=C/C=C\C=C\C=C\c1ccc(C2=CCC(/C=C/c3ccccc3)C=C2)cc1. The second-order valence-corrected chi connectivity index (χ2v) is 6.96. The van der Waals surface area contributed by atoms with Crippen molar-refractivity contribution in [1.82, 2.24) is 0 Å². The van der Waals surface area contributed by atoms with Gasteiger partial charge >= 0.3 is 0 Å². The van der Waals surface area contributed by atoms with Crippen LogP contribution in [0.2, 0.25) is 0 Å². The van der Waals surface area contributed by atoms with Gasteiger partial charge in [0.25, 0.3) is 0 Å². The van der Waals surface area contributed by atoms with E-state index < -0.39 is 0 Å². The minimum Gasteiger partial charge on any atom is -0.0877 e. The molecule has 0 bridgehead atoms. The second-order valence-electron chi connectivity index (χ2n) is 6.96. The van der Waals surface area contributed by atoms with Gasteiger partial charge in [-0.15, -0.1) is 0 Å². The van der Waals surface area contributed by atoms with Gasteiger partial charge in [-0.2, -0.15) is 0 Å². The summed E-state index contributed by atoms with van der Waals surface area (Å²) in [5, 5.41) is 0. The van der Waals surface area contributed by atoms with Gasteiger partial charge in [-0.25, -0.2) is 0 Å². The first-order valence-electron chi connectivity index (χ1n) is 10.2. The average Bonchev–Trinajstić information content (AvgIpc) is 2.79. The van der Waals surface area contributed by atoms with Crippen LogP contribution in [-0.2, 0) is 0 Å². The fraction of sp³-hybridized carbons (Fsp3) is 0.103. The minimum atomic E-state index is 0.467. The van der Waals surface area contributed by atoms with Gasteiger partial charge in [0.1, 0.15) is 0 Å². The molecule has 1 atom stereocenters. The third-order valence-corrected chi connectivity index (χ3v) is 4.75. The molecule has 0 heterocycles. The summed E-state index contributed by atoms with van der Waals surface area (Å²) in [6, 6.07) is 19.2. The van der Waals surface area contributed by atoms with E-state index >= 15 is 0 Å². The highest BCUT2D eigenvalue weighted by molar-refractivity contribution is 5.75. The Morgan fingerprint density at radius 1 is 0.724 bits per heavy atom. The average molecular weight is 377 g/mol. The van der Waals surface area contributed by atoms with Crippen LogP contribution in [0.1, 0.15) is 30.0 Å². The van der Waals surface area contributed by atoms with E-state index in [1.165, 1.54) is 22.3 Å². The van der Waals surface area contributed by atoms with Crippen molar-refractivity contribution in [2.75, 3.05) is 0 Å². The molecule has 2 aromatic rings. The molecule has 0 heteroatoms. The summed E-state index contributed by atoms with van der Waals surface area (Å²) >= 11 is 0. The van der Waals surface area contributed by atoms with Crippen molar-refractivity contribution in [3.8, 4) is 0 Å². The molecule has 0 saturated heterocycles. The van der Waals surface area contributed by atoms with Crippen LogP contribution in [0, 0.1) is 5.92 Å². The lowest BCUT2D eigenvalue weighted by Crippen LogP contribution is -1.96. The summed E-state index contributed by atoms with van der Waals surface area (Å²) in [7, 11) is 0. The normalized spacial score (nSPS) is 17.4. The van der Waals surface area contributed by atoms with Crippen LogP contribution < -0.4 is 0 Å². The van der Waals surface area contributed by atoms with Crippen LogP contribution in [0.15, 0.2) is 121 Å².